The summed E-state index contributed by atoms with van der Waals surface area (Å²) in [6.07, 6.45) is -2.20. The quantitative estimate of drug-likeness (QED) is 0.558. The van der Waals surface area contributed by atoms with Crippen molar-refractivity contribution < 1.29 is 29.2 Å². The van der Waals surface area contributed by atoms with Crippen LogP contribution in [0.5, 0.6) is 0 Å². The highest BCUT2D eigenvalue weighted by Crippen LogP contribution is 2.25. The van der Waals surface area contributed by atoms with Gasteiger partial charge in [-0.25, -0.2) is 4.79 Å². The molecule has 0 bridgehead atoms. The zero-order chi connectivity index (χ0) is 10.7. The number of esters is 1. The molecule has 1 rings (SSSR count). The van der Waals surface area contributed by atoms with Gasteiger partial charge in [-0.1, -0.05) is 0 Å². The van der Waals surface area contributed by atoms with E-state index in [1.165, 1.54) is 14.2 Å². The maximum absolute atomic E-state index is 11.1. The van der Waals surface area contributed by atoms with Crippen LogP contribution in [0.4, 0.5) is 0 Å². The lowest BCUT2D eigenvalue weighted by Gasteiger charge is -2.16. The third-order valence-electron chi connectivity index (χ3n) is 1.86. The zero-order valence-corrected chi connectivity index (χ0v) is 7.89. The number of carbonyl (C=O) groups is 1. The molecule has 6 heteroatoms. The van der Waals surface area contributed by atoms with Crippen molar-refractivity contribution in [2.45, 2.75) is 12.2 Å². The van der Waals surface area contributed by atoms with Crippen molar-refractivity contribution in [1.29, 1.82) is 0 Å². The van der Waals surface area contributed by atoms with E-state index in [-0.39, 0.29) is 11.5 Å². The van der Waals surface area contributed by atoms with Crippen molar-refractivity contribution in [1.82, 2.24) is 0 Å². The van der Waals surface area contributed by atoms with Crippen LogP contribution in [0.25, 0.3) is 0 Å². The average Bonchev–Trinajstić information content (AvgIpc) is 2.53. The van der Waals surface area contributed by atoms with Gasteiger partial charge < -0.3 is 24.4 Å². The molecule has 0 fully saturated rings. The first-order chi connectivity index (χ1) is 6.65. The van der Waals surface area contributed by atoms with Crippen molar-refractivity contribution in [3.05, 3.63) is 11.5 Å². The second-order valence-corrected chi connectivity index (χ2v) is 2.68. The van der Waals surface area contributed by atoms with Crippen LogP contribution in [0.15, 0.2) is 11.5 Å². The van der Waals surface area contributed by atoms with Gasteiger partial charge in [-0.3, -0.25) is 0 Å². The minimum Gasteiger partial charge on any atom is -0.493 e. The molecular weight excluding hydrogens is 192 g/mol. The Morgan fingerprint density at radius 3 is 2.57 bits per heavy atom. The monoisotopic (exact) mass is 204 g/mol. The molecule has 0 aliphatic carbocycles. The number of cyclic esters (lactones) is 1. The van der Waals surface area contributed by atoms with Gasteiger partial charge in [0.1, 0.15) is 6.10 Å². The lowest BCUT2D eigenvalue weighted by atomic mass is 10.2. The van der Waals surface area contributed by atoms with E-state index in [4.69, 9.17) is 19.3 Å². The number of ether oxygens (including phenoxy) is 3. The molecule has 0 saturated heterocycles. The fraction of sp³-hybridized carbons (Fsp3) is 0.625. The Hall–Kier alpha value is -1.27. The van der Waals surface area contributed by atoms with Gasteiger partial charge in [-0.15, -0.1) is 0 Å². The first-order valence-corrected chi connectivity index (χ1v) is 3.97. The smallest absolute Gasteiger partial charge is 0.378 e. The maximum atomic E-state index is 11.1. The van der Waals surface area contributed by atoms with Crippen LogP contribution in [0.3, 0.4) is 0 Å². The Balaban J connectivity index is 2.92. The van der Waals surface area contributed by atoms with E-state index in [2.05, 4.69) is 0 Å². The van der Waals surface area contributed by atoms with E-state index < -0.39 is 24.8 Å². The molecule has 2 atom stereocenters. The molecule has 1 aliphatic heterocycles. The highest BCUT2D eigenvalue weighted by Gasteiger charge is 2.40. The lowest BCUT2D eigenvalue weighted by Crippen LogP contribution is -2.32. The number of hydrogen-bond acceptors (Lipinski definition) is 6. The van der Waals surface area contributed by atoms with Gasteiger partial charge in [0, 0.05) is 0 Å². The average molecular weight is 204 g/mol. The number of hydrogen-bond donors (Lipinski definition) is 2. The predicted octanol–water partition coefficient (Wildman–Crippen LogP) is -1.23. The fourth-order valence-electron chi connectivity index (χ4n) is 1.19. The van der Waals surface area contributed by atoms with Crippen LogP contribution >= 0.6 is 0 Å². The van der Waals surface area contributed by atoms with Crippen LogP contribution < -0.4 is 0 Å². The molecule has 0 spiro atoms. The second kappa shape index (κ2) is 4.30. The Bertz CT molecular complexity index is 259. The first-order valence-electron chi connectivity index (χ1n) is 3.97. The summed E-state index contributed by atoms with van der Waals surface area (Å²) in [5, 5.41) is 18.0. The molecule has 1 heterocycles. The van der Waals surface area contributed by atoms with Crippen molar-refractivity contribution >= 4 is 5.97 Å². The van der Waals surface area contributed by atoms with Crippen LogP contribution in [0, 0.1) is 0 Å². The van der Waals surface area contributed by atoms with Gasteiger partial charge in [0.2, 0.25) is 5.76 Å². The summed E-state index contributed by atoms with van der Waals surface area (Å²) in [5.41, 5.74) is 0. The summed E-state index contributed by atoms with van der Waals surface area (Å²) in [4.78, 5) is 11.1. The van der Waals surface area contributed by atoms with E-state index in [1.54, 1.807) is 0 Å². The van der Waals surface area contributed by atoms with E-state index in [0.717, 1.165) is 0 Å². The number of carbonyl (C=O) groups excluding carboxylic acids is 1. The van der Waals surface area contributed by atoms with Gasteiger partial charge in [0.05, 0.1) is 20.8 Å². The predicted molar refractivity (Wildman–Crippen MR) is 44.0 cm³/mol. The van der Waals surface area contributed by atoms with Crippen LogP contribution in [0.2, 0.25) is 0 Å². The molecule has 0 aromatic heterocycles. The summed E-state index contributed by atoms with van der Waals surface area (Å²) in [7, 11) is 2.62. The third kappa shape index (κ3) is 1.66. The summed E-state index contributed by atoms with van der Waals surface area (Å²) in [6, 6.07) is 0. The van der Waals surface area contributed by atoms with Crippen LogP contribution in [-0.4, -0.2) is 49.2 Å². The van der Waals surface area contributed by atoms with E-state index in [9.17, 15) is 9.90 Å². The van der Waals surface area contributed by atoms with E-state index >= 15 is 0 Å². The van der Waals surface area contributed by atoms with Crippen molar-refractivity contribution in [2.24, 2.45) is 0 Å². The first kappa shape index (κ1) is 10.8. The largest absolute Gasteiger partial charge is 0.493 e. The van der Waals surface area contributed by atoms with Gasteiger partial charge in [-0.2, -0.15) is 0 Å². The van der Waals surface area contributed by atoms with E-state index in [0.29, 0.717) is 0 Å². The Labute approximate surface area is 80.7 Å². The molecule has 0 radical (unpaired) electrons. The number of aliphatic hydroxyl groups is 2. The lowest BCUT2D eigenvalue weighted by molar-refractivity contribution is -0.148. The Morgan fingerprint density at radius 1 is 1.50 bits per heavy atom. The minimum absolute atomic E-state index is 0.0787. The fourth-order valence-corrected chi connectivity index (χ4v) is 1.19. The number of aliphatic hydroxyl groups excluding tert-OH is 2. The molecule has 2 N–H and O–H groups in total. The number of methoxy groups -OCH3 is 2. The normalized spacial score (nSPS) is 23.4. The number of rotatable bonds is 4. The second-order valence-electron chi connectivity index (χ2n) is 2.68. The molecular formula is C8H12O6. The molecule has 0 amide bonds. The topological polar surface area (TPSA) is 85.2 Å². The maximum Gasteiger partial charge on any atom is 0.378 e. The van der Waals surface area contributed by atoms with Gasteiger partial charge in [-0.05, 0) is 0 Å². The zero-order valence-electron chi connectivity index (χ0n) is 7.89. The summed E-state index contributed by atoms with van der Waals surface area (Å²) in [5.74, 6) is -0.689. The molecule has 14 heavy (non-hydrogen) atoms. The van der Waals surface area contributed by atoms with Crippen molar-refractivity contribution in [3.8, 4) is 0 Å². The molecule has 1 aliphatic rings. The van der Waals surface area contributed by atoms with Gasteiger partial charge >= 0.3 is 5.97 Å². The molecule has 1 unspecified atom stereocenters. The molecule has 0 aromatic carbocycles. The summed E-state index contributed by atoms with van der Waals surface area (Å²) in [6.45, 7) is -0.526. The Morgan fingerprint density at radius 2 is 2.14 bits per heavy atom. The van der Waals surface area contributed by atoms with Gasteiger partial charge in [0.15, 0.2) is 11.9 Å². The molecule has 0 aromatic rings. The third-order valence-corrected chi connectivity index (χ3v) is 1.86. The SMILES string of the molecule is COC1=C(OC)C([C@@H](O)CO)OC1=O. The molecule has 6 nitrogen and oxygen atoms in total. The highest BCUT2D eigenvalue weighted by atomic mass is 16.6. The van der Waals surface area contributed by atoms with Crippen molar-refractivity contribution in [2.75, 3.05) is 20.8 Å². The van der Waals surface area contributed by atoms with Crippen molar-refractivity contribution in [3.63, 3.8) is 0 Å². The molecule has 80 valence electrons. The van der Waals surface area contributed by atoms with Gasteiger partial charge in [0.25, 0.3) is 0 Å². The van der Waals surface area contributed by atoms with Crippen LogP contribution in [-0.2, 0) is 19.0 Å². The standard InChI is InChI=1S/C8H12O6/c1-12-6-5(4(10)3-9)14-8(11)7(6)13-2/h4-5,9-10H,3H2,1-2H3/t4-,5?/m0/s1. The highest BCUT2D eigenvalue weighted by molar-refractivity contribution is 5.89. The summed E-state index contributed by atoms with van der Waals surface area (Å²) >= 11 is 0. The minimum atomic E-state index is -1.21. The molecule has 0 saturated carbocycles. The summed E-state index contributed by atoms with van der Waals surface area (Å²) < 4.78 is 14.3. The van der Waals surface area contributed by atoms with Crippen LogP contribution in [0.1, 0.15) is 0 Å². The van der Waals surface area contributed by atoms with E-state index in [1.807, 2.05) is 0 Å². The Kier molecular flexibility index (Phi) is 3.32.